The maximum atomic E-state index is 11.5. The van der Waals surface area contributed by atoms with Crippen molar-refractivity contribution < 1.29 is 9.53 Å². The average Bonchev–Trinajstić information content (AvgIpc) is 3.11. The van der Waals surface area contributed by atoms with E-state index in [1.807, 2.05) is 6.92 Å². The minimum atomic E-state index is 0.0425. The third-order valence-electron chi connectivity index (χ3n) is 2.81. The van der Waals surface area contributed by atoms with E-state index in [9.17, 15) is 4.79 Å². The quantitative estimate of drug-likeness (QED) is 0.712. The molecule has 20 heavy (non-hydrogen) atoms. The van der Waals surface area contributed by atoms with Crippen LogP contribution < -0.4 is 10.6 Å². The Morgan fingerprint density at radius 1 is 1.55 bits per heavy atom. The van der Waals surface area contributed by atoms with Crippen LogP contribution in [0.25, 0.3) is 0 Å². The van der Waals surface area contributed by atoms with Crippen LogP contribution in [0.15, 0.2) is 4.34 Å². The van der Waals surface area contributed by atoms with Crippen LogP contribution in [0.2, 0.25) is 0 Å². The van der Waals surface area contributed by atoms with Gasteiger partial charge in [0.25, 0.3) is 0 Å². The number of nitrogens with one attached hydrogen (secondary N) is 2. The lowest BCUT2D eigenvalue weighted by Gasteiger charge is -2.08. The Kier molecular flexibility index (Phi) is 6.55. The number of ether oxygens (including phenoxy) is 1. The molecule has 0 saturated carbocycles. The Morgan fingerprint density at radius 3 is 3.20 bits per heavy atom. The zero-order chi connectivity index (χ0) is 14.2. The number of nitrogens with zero attached hydrogens (tertiary/aromatic N) is 2. The molecular weight excluding hydrogens is 296 g/mol. The SMILES string of the molecule is CCCNC(=O)CSc1nnc(NC[C@H]2CCCO2)s1. The van der Waals surface area contributed by atoms with E-state index in [4.69, 9.17) is 4.74 Å². The van der Waals surface area contributed by atoms with E-state index >= 15 is 0 Å². The predicted molar refractivity (Wildman–Crippen MR) is 81.4 cm³/mol. The Labute approximate surface area is 127 Å². The molecule has 0 bridgehead atoms. The fourth-order valence-electron chi connectivity index (χ4n) is 1.79. The molecule has 0 aliphatic carbocycles. The van der Waals surface area contributed by atoms with Gasteiger partial charge in [0.2, 0.25) is 11.0 Å². The number of rotatable bonds is 8. The lowest BCUT2D eigenvalue weighted by atomic mass is 10.2. The molecule has 0 radical (unpaired) electrons. The second kappa shape index (κ2) is 8.43. The molecule has 1 aliphatic rings. The molecule has 0 spiro atoms. The third-order valence-corrected chi connectivity index (χ3v) is 4.82. The summed E-state index contributed by atoms with van der Waals surface area (Å²) in [5, 5.41) is 15.0. The van der Waals surface area contributed by atoms with Crippen molar-refractivity contribution in [1.29, 1.82) is 0 Å². The zero-order valence-corrected chi connectivity index (χ0v) is 13.2. The molecule has 1 atom stereocenters. The number of amides is 1. The van der Waals surface area contributed by atoms with Crippen LogP contribution >= 0.6 is 23.1 Å². The smallest absolute Gasteiger partial charge is 0.230 e. The summed E-state index contributed by atoms with van der Waals surface area (Å²) in [5.41, 5.74) is 0. The molecule has 0 unspecified atom stereocenters. The highest BCUT2D eigenvalue weighted by Gasteiger charge is 2.16. The van der Waals surface area contributed by atoms with Crippen LogP contribution in [0.5, 0.6) is 0 Å². The first-order chi connectivity index (χ1) is 9.78. The Balaban J connectivity index is 1.67. The van der Waals surface area contributed by atoms with Gasteiger partial charge < -0.3 is 15.4 Å². The average molecular weight is 316 g/mol. The number of hydrogen-bond acceptors (Lipinski definition) is 7. The highest BCUT2D eigenvalue weighted by Crippen LogP contribution is 2.25. The fourth-order valence-corrected chi connectivity index (χ4v) is 3.38. The van der Waals surface area contributed by atoms with Crippen LogP contribution in [-0.2, 0) is 9.53 Å². The molecule has 1 aliphatic heterocycles. The summed E-state index contributed by atoms with van der Waals surface area (Å²) in [6.45, 7) is 4.39. The van der Waals surface area contributed by atoms with Crippen molar-refractivity contribution in [3.8, 4) is 0 Å². The van der Waals surface area contributed by atoms with Crippen LogP contribution in [0.1, 0.15) is 26.2 Å². The molecule has 2 heterocycles. The van der Waals surface area contributed by atoms with E-state index in [-0.39, 0.29) is 12.0 Å². The Hall–Kier alpha value is -0.860. The van der Waals surface area contributed by atoms with Gasteiger partial charge in [-0.3, -0.25) is 4.79 Å². The molecule has 6 nitrogen and oxygen atoms in total. The van der Waals surface area contributed by atoms with Gasteiger partial charge in [0.1, 0.15) is 0 Å². The van der Waals surface area contributed by atoms with E-state index < -0.39 is 0 Å². The molecule has 1 aromatic heterocycles. The minimum absolute atomic E-state index is 0.0425. The third kappa shape index (κ3) is 5.26. The van der Waals surface area contributed by atoms with E-state index in [0.717, 1.165) is 48.4 Å². The van der Waals surface area contributed by atoms with Gasteiger partial charge in [0.15, 0.2) is 4.34 Å². The standard InChI is InChI=1S/C12H20N4O2S2/c1-2-5-13-10(17)8-19-12-16-15-11(20-12)14-7-9-4-3-6-18-9/h9H,2-8H2,1H3,(H,13,17)(H,14,15)/t9-/m1/s1. The molecule has 2 N–H and O–H groups in total. The van der Waals surface area contributed by atoms with Gasteiger partial charge in [-0.25, -0.2) is 0 Å². The highest BCUT2D eigenvalue weighted by atomic mass is 32.2. The van der Waals surface area contributed by atoms with Gasteiger partial charge in [0, 0.05) is 19.7 Å². The lowest BCUT2D eigenvalue weighted by molar-refractivity contribution is -0.118. The van der Waals surface area contributed by atoms with Crippen molar-refractivity contribution in [3.05, 3.63) is 0 Å². The van der Waals surface area contributed by atoms with Crippen molar-refractivity contribution in [2.75, 3.05) is 30.8 Å². The van der Waals surface area contributed by atoms with E-state index in [1.54, 1.807) is 0 Å². The van der Waals surface area contributed by atoms with Gasteiger partial charge in [-0.1, -0.05) is 30.0 Å². The van der Waals surface area contributed by atoms with Gasteiger partial charge in [-0.15, -0.1) is 10.2 Å². The predicted octanol–water partition coefficient (Wildman–Crippen LogP) is 1.75. The summed E-state index contributed by atoms with van der Waals surface area (Å²) in [7, 11) is 0. The van der Waals surface area contributed by atoms with Gasteiger partial charge in [0.05, 0.1) is 11.9 Å². The summed E-state index contributed by atoms with van der Waals surface area (Å²) in [5.74, 6) is 0.432. The van der Waals surface area contributed by atoms with Gasteiger partial charge >= 0.3 is 0 Å². The summed E-state index contributed by atoms with van der Waals surface area (Å²) in [4.78, 5) is 11.5. The number of carbonyl (C=O) groups excluding carboxylic acids is 1. The van der Waals surface area contributed by atoms with Gasteiger partial charge in [-0.2, -0.15) is 0 Å². The highest BCUT2D eigenvalue weighted by molar-refractivity contribution is 8.01. The number of anilines is 1. The molecule has 8 heteroatoms. The summed E-state index contributed by atoms with van der Waals surface area (Å²) >= 11 is 2.90. The van der Waals surface area contributed by atoms with Crippen molar-refractivity contribution in [1.82, 2.24) is 15.5 Å². The molecule has 0 aromatic carbocycles. The summed E-state index contributed by atoms with van der Waals surface area (Å²) in [6, 6.07) is 0. The summed E-state index contributed by atoms with van der Waals surface area (Å²) < 4.78 is 6.35. The second-order valence-electron chi connectivity index (χ2n) is 4.53. The van der Waals surface area contributed by atoms with Gasteiger partial charge in [-0.05, 0) is 19.3 Å². The molecule has 1 amide bonds. The topological polar surface area (TPSA) is 76.1 Å². The zero-order valence-electron chi connectivity index (χ0n) is 11.6. The van der Waals surface area contributed by atoms with E-state index in [2.05, 4.69) is 20.8 Å². The first-order valence-electron chi connectivity index (χ1n) is 6.86. The first-order valence-corrected chi connectivity index (χ1v) is 8.66. The largest absolute Gasteiger partial charge is 0.376 e. The van der Waals surface area contributed by atoms with Crippen molar-refractivity contribution in [2.24, 2.45) is 0 Å². The maximum Gasteiger partial charge on any atom is 0.230 e. The van der Waals surface area contributed by atoms with Crippen LogP contribution in [0, 0.1) is 0 Å². The minimum Gasteiger partial charge on any atom is -0.376 e. The summed E-state index contributed by atoms with van der Waals surface area (Å²) in [6.07, 6.45) is 3.48. The second-order valence-corrected chi connectivity index (χ2v) is 6.73. The van der Waals surface area contributed by atoms with Crippen LogP contribution in [0.4, 0.5) is 5.13 Å². The Bertz CT molecular complexity index is 421. The molecular formula is C12H20N4O2S2. The number of thioether (sulfide) groups is 1. The molecule has 1 aromatic rings. The maximum absolute atomic E-state index is 11.5. The molecule has 112 valence electrons. The van der Waals surface area contributed by atoms with Crippen molar-refractivity contribution in [3.63, 3.8) is 0 Å². The lowest BCUT2D eigenvalue weighted by Crippen LogP contribution is -2.25. The van der Waals surface area contributed by atoms with Crippen molar-refractivity contribution in [2.45, 2.75) is 36.6 Å². The fraction of sp³-hybridized carbons (Fsp3) is 0.750. The van der Waals surface area contributed by atoms with E-state index in [1.165, 1.54) is 23.1 Å². The van der Waals surface area contributed by atoms with E-state index in [0.29, 0.717) is 5.75 Å². The number of hydrogen-bond donors (Lipinski definition) is 2. The number of carbonyl (C=O) groups is 1. The monoisotopic (exact) mass is 316 g/mol. The number of aromatic nitrogens is 2. The van der Waals surface area contributed by atoms with Crippen molar-refractivity contribution >= 4 is 34.1 Å². The molecule has 1 saturated heterocycles. The van der Waals surface area contributed by atoms with Crippen LogP contribution in [0.3, 0.4) is 0 Å². The molecule has 1 fully saturated rings. The molecule has 2 rings (SSSR count). The van der Waals surface area contributed by atoms with Crippen LogP contribution in [-0.4, -0.2) is 47.7 Å². The first kappa shape index (κ1) is 15.5. The Morgan fingerprint density at radius 2 is 2.45 bits per heavy atom. The normalized spacial score (nSPS) is 18.1.